The highest BCUT2D eigenvalue weighted by molar-refractivity contribution is 5.94. The summed E-state index contributed by atoms with van der Waals surface area (Å²) in [5.74, 6) is 0.446. The van der Waals surface area contributed by atoms with Gasteiger partial charge in [-0.2, -0.15) is 0 Å². The molecular weight excluding hydrogens is 190 g/mol. The molecule has 1 aliphatic heterocycles. The molecule has 80 valence electrons. The van der Waals surface area contributed by atoms with Gasteiger partial charge in [0.2, 0.25) is 5.96 Å². The van der Waals surface area contributed by atoms with Crippen LogP contribution in [0.15, 0.2) is 29.4 Å². The second kappa shape index (κ2) is 3.78. The van der Waals surface area contributed by atoms with Crippen LogP contribution in [0.3, 0.4) is 0 Å². The number of rotatable bonds is 2. The lowest BCUT2D eigenvalue weighted by Gasteiger charge is -2.18. The van der Waals surface area contributed by atoms with E-state index in [0.29, 0.717) is 5.96 Å². The average molecular weight is 205 g/mol. The van der Waals surface area contributed by atoms with Crippen LogP contribution in [0.5, 0.6) is 0 Å². The molecule has 0 atom stereocenters. The number of hydrogen-bond donors (Lipinski definition) is 2. The molecule has 5 nitrogen and oxygen atoms in total. The van der Waals surface area contributed by atoms with Crippen LogP contribution < -0.4 is 16.3 Å². The fraction of sp³-hybridized carbons (Fsp3) is 0.300. The van der Waals surface area contributed by atoms with Gasteiger partial charge in [-0.15, -0.1) is 10.6 Å². The molecule has 15 heavy (non-hydrogen) atoms. The molecule has 3 N–H and O–H groups in total. The SMILES string of the molecule is CCc1ccc(N2NN(C)N=C2N)cc1. The standard InChI is InChI=1S/C10H15N5/c1-3-8-4-6-9(7-5-8)15-10(11)12-14(2)13-15/h4-7,13H,3H2,1-2H3,(H2,11,12). The quantitative estimate of drug-likeness (QED) is 0.744. The molecule has 1 aromatic carbocycles. The summed E-state index contributed by atoms with van der Waals surface area (Å²) in [4.78, 5) is 0. The number of nitrogens with one attached hydrogen (secondary N) is 1. The van der Waals surface area contributed by atoms with Gasteiger partial charge in [-0.3, -0.25) is 0 Å². The lowest BCUT2D eigenvalue weighted by Crippen LogP contribution is -2.44. The van der Waals surface area contributed by atoms with Crippen LogP contribution in [0, 0.1) is 0 Å². The Labute approximate surface area is 89.1 Å². The number of hydrazine groups is 2. The Morgan fingerprint density at radius 2 is 2.00 bits per heavy atom. The van der Waals surface area contributed by atoms with Gasteiger partial charge in [-0.05, 0) is 24.1 Å². The highest BCUT2D eigenvalue weighted by Crippen LogP contribution is 2.15. The number of nitrogens with zero attached hydrogens (tertiary/aromatic N) is 3. The zero-order chi connectivity index (χ0) is 10.8. The van der Waals surface area contributed by atoms with E-state index in [4.69, 9.17) is 5.73 Å². The molecule has 1 heterocycles. The van der Waals surface area contributed by atoms with E-state index in [0.717, 1.165) is 12.1 Å². The van der Waals surface area contributed by atoms with E-state index >= 15 is 0 Å². The zero-order valence-corrected chi connectivity index (χ0v) is 8.94. The molecular formula is C10H15N5. The predicted octanol–water partition coefficient (Wildman–Crippen LogP) is 0.650. The largest absolute Gasteiger partial charge is 0.367 e. The maximum Gasteiger partial charge on any atom is 0.236 e. The topological polar surface area (TPSA) is 56.9 Å². The van der Waals surface area contributed by atoms with Gasteiger partial charge in [0.1, 0.15) is 0 Å². The second-order valence-electron chi connectivity index (χ2n) is 3.44. The smallest absolute Gasteiger partial charge is 0.236 e. The van der Waals surface area contributed by atoms with E-state index in [9.17, 15) is 0 Å². The monoisotopic (exact) mass is 205 g/mol. The number of benzene rings is 1. The van der Waals surface area contributed by atoms with Crippen molar-refractivity contribution in [2.24, 2.45) is 10.8 Å². The molecule has 0 amide bonds. The summed E-state index contributed by atoms with van der Waals surface area (Å²) in [7, 11) is 1.80. The van der Waals surface area contributed by atoms with E-state index < -0.39 is 0 Å². The Morgan fingerprint density at radius 1 is 1.33 bits per heavy atom. The third-order valence-electron chi connectivity index (χ3n) is 2.33. The number of aryl methyl sites for hydroxylation is 1. The molecule has 1 aromatic rings. The van der Waals surface area contributed by atoms with Crippen molar-refractivity contribution in [3.8, 4) is 0 Å². The highest BCUT2D eigenvalue weighted by Gasteiger charge is 2.18. The number of hydrazone groups is 1. The van der Waals surface area contributed by atoms with Crippen LogP contribution in [0.1, 0.15) is 12.5 Å². The summed E-state index contributed by atoms with van der Waals surface area (Å²) in [6, 6.07) is 8.21. The first-order valence-electron chi connectivity index (χ1n) is 4.94. The third-order valence-corrected chi connectivity index (χ3v) is 2.33. The maximum atomic E-state index is 5.74. The summed E-state index contributed by atoms with van der Waals surface area (Å²) in [5, 5.41) is 7.34. The Hall–Kier alpha value is -1.75. The molecule has 1 aliphatic rings. The van der Waals surface area contributed by atoms with Crippen molar-refractivity contribution in [2.75, 3.05) is 12.1 Å². The summed E-state index contributed by atoms with van der Waals surface area (Å²) in [6.07, 6.45) is 1.04. The van der Waals surface area contributed by atoms with Gasteiger partial charge >= 0.3 is 0 Å². The average Bonchev–Trinajstić information content (AvgIpc) is 2.58. The van der Waals surface area contributed by atoms with Crippen LogP contribution in [-0.2, 0) is 6.42 Å². The fourth-order valence-corrected chi connectivity index (χ4v) is 1.49. The zero-order valence-electron chi connectivity index (χ0n) is 8.94. The van der Waals surface area contributed by atoms with Crippen LogP contribution in [0.25, 0.3) is 0 Å². The molecule has 0 radical (unpaired) electrons. The van der Waals surface area contributed by atoms with E-state index in [1.54, 1.807) is 17.2 Å². The summed E-state index contributed by atoms with van der Waals surface area (Å²) >= 11 is 0. The molecule has 0 unspecified atom stereocenters. The van der Waals surface area contributed by atoms with Gasteiger partial charge in [0.15, 0.2) is 0 Å². The molecule has 0 spiro atoms. The van der Waals surface area contributed by atoms with E-state index in [1.165, 1.54) is 5.56 Å². The first-order chi connectivity index (χ1) is 7.20. The Kier molecular flexibility index (Phi) is 2.47. The number of hydrogen-bond acceptors (Lipinski definition) is 5. The molecule has 0 fully saturated rings. The van der Waals surface area contributed by atoms with Gasteiger partial charge < -0.3 is 5.73 Å². The molecule has 0 saturated carbocycles. The van der Waals surface area contributed by atoms with Gasteiger partial charge in [0.05, 0.1) is 5.69 Å². The van der Waals surface area contributed by atoms with Gasteiger partial charge in [0.25, 0.3) is 0 Å². The number of nitrogens with two attached hydrogens (primary N) is 1. The van der Waals surface area contributed by atoms with Crippen LogP contribution in [0.4, 0.5) is 5.69 Å². The minimum Gasteiger partial charge on any atom is -0.367 e. The fourth-order valence-electron chi connectivity index (χ4n) is 1.49. The third kappa shape index (κ3) is 1.87. The van der Waals surface area contributed by atoms with Crippen molar-refractivity contribution in [2.45, 2.75) is 13.3 Å². The molecule has 5 heteroatoms. The summed E-state index contributed by atoms with van der Waals surface area (Å²) in [5.41, 5.74) is 11.0. The van der Waals surface area contributed by atoms with Gasteiger partial charge in [-0.1, -0.05) is 19.1 Å². The van der Waals surface area contributed by atoms with Gasteiger partial charge in [-0.25, -0.2) is 10.1 Å². The lowest BCUT2D eigenvalue weighted by atomic mass is 10.1. The van der Waals surface area contributed by atoms with Crippen LogP contribution in [0.2, 0.25) is 0 Å². The van der Waals surface area contributed by atoms with Crippen molar-refractivity contribution in [1.29, 1.82) is 0 Å². The van der Waals surface area contributed by atoms with E-state index in [1.807, 2.05) is 12.1 Å². The molecule has 0 saturated heterocycles. The first kappa shape index (κ1) is 9.79. The number of guanidine groups is 1. The lowest BCUT2D eigenvalue weighted by molar-refractivity contribution is 0.280. The minimum absolute atomic E-state index is 0.446. The predicted molar refractivity (Wildman–Crippen MR) is 60.8 cm³/mol. The Bertz CT molecular complexity index is 370. The normalized spacial score (nSPS) is 15.7. The van der Waals surface area contributed by atoms with Gasteiger partial charge in [0, 0.05) is 7.05 Å². The molecule has 0 aromatic heterocycles. The van der Waals surface area contributed by atoms with Crippen molar-refractivity contribution >= 4 is 11.6 Å². The summed E-state index contributed by atoms with van der Waals surface area (Å²) < 4.78 is 0. The van der Waals surface area contributed by atoms with Crippen molar-refractivity contribution in [3.63, 3.8) is 0 Å². The van der Waals surface area contributed by atoms with Crippen molar-refractivity contribution in [3.05, 3.63) is 29.8 Å². The molecule has 0 bridgehead atoms. The van der Waals surface area contributed by atoms with E-state index in [-0.39, 0.29) is 0 Å². The van der Waals surface area contributed by atoms with E-state index in [2.05, 4.69) is 29.7 Å². The Balaban J connectivity index is 2.20. The van der Waals surface area contributed by atoms with Crippen LogP contribution in [-0.4, -0.2) is 18.1 Å². The molecule has 2 rings (SSSR count). The molecule has 0 aliphatic carbocycles. The Morgan fingerprint density at radius 3 is 2.47 bits per heavy atom. The number of anilines is 1. The van der Waals surface area contributed by atoms with Crippen LogP contribution >= 0.6 is 0 Å². The minimum atomic E-state index is 0.446. The van der Waals surface area contributed by atoms with Crippen molar-refractivity contribution < 1.29 is 0 Å². The summed E-state index contributed by atoms with van der Waals surface area (Å²) in [6.45, 7) is 2.13. The second-order valence-corrected chi connectivity index (χ2v) is 3.44. The first-order valence-corrected chi connectivity index (χ1v) is 4.94. The highest BCUT2D eigenvalue weighted by atomic mass is 15.9. The maximum absolute atomic E-state index is 5.74. The van der Waals surface area contributed by atoms with Crippen molar-refractivity contribution in [1.82, 2.24) is 10.7 Å².